The summed E-state index contributed by atoms with van der Waals surface area (Å²) in [5, 5.41) is 3.69. The highest BCUT2D eigenvalue weighted by Gasteiger charge is 2.08. The van der Waals surface area contributed by atoms with Crippen LogP contribution in [0.5, 0.6) is 0 Å². The highest BCUT2D eigenvalue weighted by molar-refractivity contribution is 6.32. The predicted molar refractivity (Wildman–Crippen MR) is 62.6 cm³/mol. The van der Waals surface area contributed by atoms with E-state index in [9.17, 15) is 0 Å². The molecule has 80 valence electrons. The van der Waals surface area contributed by atoms with Gasteiger partial charge in [0.25, 0.3) is 0 Å². The van der Waals surface area contributed by atoms with Crippen molar-refractivity contribution < 1.29 is 0 Å². The molecule has 0 saturated heterocycles. The van der Waals surface area contributed by atoms with Crippen molar-refractivity contribution in [1.82, 2.24) is 14.7 Å². The first-order valence-electron chi connectivity index (χ1n) is 5.00. The average Bonchev–Trinajstić information content (AvgIpc) is 2.53. The van der Waals surface area contributed by atoms with Gasteiger partial charge in [-0.15, -0.1) is 0 Å². The Bertz CT molecular complexity index is 476. The number of fused-ring (bicyclic) bond motifs is 1. The van der Waals surface area contributed by atoms with Crippen LogP contribution >= 0.6 is 11.6 Å². The highest BCUT2D eigenvalue weighted by atomic mass is 35.5. The van der Waals surface area contributed by atoms with Gasteiger partial charge in [0.2, 0.25) is 0 Å². The molecule has 1 N–H and O–H groups in total. The minimum Gasteiger partial charge on any atom is -0.319 e. The molecule has 0 aliphatic heterocycles. The number of likely N-dealkylation sites (N-methyl/N-ethyl adjacent to an activating group) is 1. The third-order valence-corrected chi connectivity index (χ3v) is 2.70. The zero-order valence-electron chi connectivity index (χ0n) is 8.92. The summed E-state index contributed by atoms with van der Waals surface area (Å²) in [6.45, 7) is 2.96. The summed E-state index contributed by atoms with van der Waals surface area (Å²) < 4.78 is 2.05. The van der Waals surface area contributed by atoms with Crippen molar-refractivity contribution in [3.8, 4) is 0 Å². The Balaban J connectivity index is 2.48. The van der Waals surface area contributed by atoms with Gasteiger partial charge >= 0.3 is 0 Å². The van der Waals surface area contributed by atoms with Crippen LogP contribution in [0.15, 0.2) is 18.3 Å². The van der Waals surface area contributed by atoms with Crippen molar-refractivity contribution in [2.24, 2.45) is 0 Å². The van der Waals surface area contributed by atoms with Gasteiger partial charge in [0.15, 0.2) is 5.15 Å². The molecule has 2 aromatic heterocycles. The summed E-state index contributed by atoms with van der Waals surface area (Å²) in [5.74, 6) is 1.00. The molecule has 0 saturated carbocycles. The minimum atomic E-state index is 0.588. The van der Waals surface area contributed by atoms with Gasteiger partial charge in [-0.25, -0.2) is 4.98 Å². The van der Waals surface area contributed by atoms with Crippen LogP contribution in [0.2, 0.25) is 5.15 Å². The van der Waals surface area contributed by atoms with Crippen LogP contribution in [0.4, 0.5) is 0 Å². The number of hydrogen-bond acceptors (Lipinski definition) is 2. The molecule has 2 heterocycles. The zero-order chi connectivity index (χ0) is 10.8. The van der Waals surface area contributed by atoms with Crippen LogP contribution in [0, 0.1) is 6.92 Å². The van der Waals surface area contributed by atoms with Crippen molar-refractivity contribution in [2.75, 3.05) is 13.6 Å². The van der Waals surface area contributed by atoms with E-state index >= 15 is 0 Å². The largest absolute Gasteiger partial charge is 0.319 e. The molecule has 15 heavy (non-hydrogen) atoms. The molecular formula is C11H14ClN3. The lowest BCUT2D eigenvalue weighted by atomic mass is 10.3. The van der Waals surface area contributed by atoms with Crippen LogP contribution in [0.3, 0.4) is 0 Å². The quantitative estimate of drug-likeness (QED) is 0.863. The molecule has 0 aliphatic carbocycles. The summed E-state index contributed by atoms with van der Waals surface area (Å²) in [6.07, 6.45) is 2.90. The Labute approximate surface area is 94.1 Å². The molecule has 4 heteroatoms. The lowest BCUT2D eigenvalue weighted by molar-refractivity contribution is 0.753. The van der Waals surface area contributed by atoms with Crippen LogP contribution in [-0.2, 0) is 6.42 Å². The lowest BCUT2D eigenvalue weighted by Crippen LogP contribution is -2.12. The van der Waals surface area contributed by atoms with Gasteiger partial charge in [0.1, 0.15) is 5.82 Å². The number of nitrogens with zero attached hydrogens (tertiary/aromatic N) is 2. The summed E-state index contributed by atoms with van der Waals surface area (Å²) in [5.41, 5.74) is 2.19. The molecule has 0 aliphatic rings. The molecular weight excluding hydrogens is 210 g/mol. The highest BCUT2D eigenvalue weighted by Crippen LogP contribution is 2.19. The van der Waals surface area contributed by atoms with E-state index < -0.39 is 0 Å². The van der Waals surface area contributed by atoms with Crippen molar-refractivity contribution in [1.29, 1.82) is 0 Å². The summed E-state index contributed by atoms with van der Waals surface area (Å²) in [6, 6.07) is 4.12. The molecule has 0 amide bonds. The van der Waals surface area contributed by atoms with Gasteiger partial charge in [0.05, 0.1) is 5.52 Å². The molecule has 0 spiro atoms. The Hall–Kier alpha value is -1.06. The second-order valence-corrected chi connectivity index (χ2v) is 3.99. The van der Waals surface area contributed by atoms with E-state index in [4.69, 9.17) is 11.6 Å². The van der Waals surface area contributed by atoms with E-state index in [2.05, 4.69) is 29.4 Å². The molecule has 2 rings (SSSR count). The summed E-state index contributed by atoms with van der Waals surface area (Å²) in [4.78, 5) is 4.36. The fraction of sp³-hybridized carbons (Fsp3) is 0.364. The fourth-order valence-electron chi connectivity index (χ4n) is 1.63. The predicted octanol–water partition coefficient (Wildman–Crippen LogP) is 2.06. The standard InChI is InChI=1S/C11H14ClN3/c1-8-4-6-15-9(7-8)11(12)14-10(15)3-5-13-2/h4,6-7,13H,3,5H2,1-2H3. The van der Waals surface area contributed by atoms with Crippen molar-refractivity contribution in [3.05, 3.63) is 34.9 Å². The molecule has 0 bridgehead atoms. The first kappa shape index (κ1) is 10.5. The van der Waals surface area contributed by atoms with E-state index in [1.807, 2.05) is 17.6 Å². The minimum absolute atomic E-state index is 0.588. The third kappa shape index (κ3) is 1.98. The Kier molecular flexibility index (Phi) is 2.93. The number of halogens is 1. The van der Waals surface area contributed by atoms with E-state index in [-0.39, 0.29) is 0 Å². The van der Waals surface area contributed by atoms with E-state index in [1.165, 1.54) is 5.56 Å². The molecule has 2 aromatic rings. The molecule has 0 atom stereocenters. The molecule has 0 radical (unpaired) electrons. The first-order valence-corrected chi connectivity index (χ1v) is 5.38. The molecule has 0 unspecified atom stereocenters. The second-order valence-electron chi connectivity index (χ2n) is 3.63. The molecule has 0 fully saturated rings. The Morgan fingerprint density at radius 1 is 1.53 bits per heavy atom. The topological polar surface area (TPSA) is 29.3 Å². The van der Waals surface area contributed by atoms with Gasteiger partial charge < -0.3 is 9.72 Å². The maximum absolute atomic E-state index is 6.08. The average molecular weight is 224 g/mol. The lowest BCUT2D eigenvalue weighted by Gasteiger charge is -2.01. The van der Waals surface area contributed by atoms with Gasteiger partial charge in [-0.3, -0.25) is 0 Å². The van der Waals surface area contributed by atoms with Gasteiger partial charge in [-0.05, 0) is 31.7 Å². The fourth-order valence-corrected chi connectivity index (χ4v) is 1.87. The number of pyridine rings is 1. The summed E-state index contributed by atoms with van der Waals surface area (Å²) >= 11 is 6.08. The number of rotatable bonds is 3. The number of imidazole rings is 1. The van der Waals surface area contributed by atoms with Crippen LogP contribution in [0.1, 0.15) is 11.4 Å². The van der Waals surface area contributed by atoms with E-state index in [1.54, 1.807) is 0 Å². The van der Waals surface area contributed by atoms with Gasteiger partial charge in [0, 0.05) is 19.2 Å². The summed E-state index contributed by atoms with van der Waals surface area (Å²) in [7, 11) is 1.93. The zero-order valence-corrected chi connectivity index (χ0v) is 9.67. The normalized spacial score (nSPS) is 11.1. The smallest absolute Gasteiger partial charge is 0.155 e. The van der Waals surface area contributed by atoms with Crippen molar-refractivity contribution in [3.63, 3.8) is 0 Å². The maximum atomic E-state index is 6.08. The Morgan fingerprint density at radius 2 is 2.33 bits per heavy atom. The first-order chi connectivity index (χ1) is 7.22. The number of nitrogens with one attached hydrogen (secondary N) is 1. The number of aryl methyl sites for hydroxylation is 1. The second kappa shape index (κ2) is 4.21. The van der Waals surface area contributed by atoms with E-state index in [0.717, 1.165) is 24.3 Å². The van der Waals surface area contributed by atoms with Crippen molar-refractivity contribution >= 4 is 17.1 Å². The van der Waals surface area contributed by atoms with E-state index in [0.29, 0.717) is 5.15 Å². The van der Waals surface area contributed by atoms with Crippen molar-refractivity contribution in [2.45, 2.75) is 13.3 Å². The number of aromatic nitrogens is 2. The molecule has 3 nitrogen and oxygen atoms in total. The third-order valence-electron chi connectivity index (χ3n) is 2.43. The van der Waals surface area contributed by atoms with Gasteiger partial charge in [-0.1, -0.05) is 11.6 Å². The Morgan fingerprint density at radius 3 is 3.07 bits per heavy atom. The SMILES string of the molecule is CNCCc1nc(Cl)c2cc(C)ccn12. The van der Waals surface area contributed by atoms with Crippen LogP contribution in [-0.4, -0.2) is 23.0 Å². The molecule has 0 aromatic carbocycles. The van der Waals surface area contributed by atoms with Gasteiger partial charge in [-0.2, -0.15) is 0 Å². The maximum Gasteiger partial charge on any atom is 0.155 e. The van der Waals surface area contributed by atoms with Crippen LogP contribution < -0.4 is 5.32 Å². The monoisotopic (exact) mass is 223 g/mol. The van der Waals surface area contributed by atoms with Crippen LogP contribution in [0.25, 0.3) is 5.52 Å². The number of hydrogen-bond donors (Lipinski definition) is 1.